The van der Waals surface area contributed by atoms with Gasteiger partial charge >= 0.3 is 0 Å². The molecule has 1 unspecified atom stereocenters. The molecule has 0 saturated carbocycles. The van der Waals surface area contributed by atoms with Gasteiger partial charge in [-0.3, -0.25) is 5.84 Å². The maximum absolute atomic E-state index is 13.8. The highest BCUT2D eigenvalue weighted by Gasteiger charge is 2.17. The molecule has 2 rings (SSSR count). The molecule has 2 aromatic carbocycles. The van der Waals surface area contributed by atoms with Crippen molar-refractivity contribution in [1.29, 1.82) is 0 Å². The van der Waals surface area contributed by atoms with E-state index < -0.39 is 11.9 Å². The van der Waals surface area contributed by atoms with Gasteiger partial charge in [-0.25, -0.2) is 9.82 Å². The fourth-order valence-corrected chi connectivity index (χ4v) is 2.22. The van der Waals surface area contributed by atoms with Crippen molar-refractivity contribution in [2.45, 2.75) is 6.04 Å². The second-order valence-corrected chi connectivity index (χ2v) is 4.70. The predicted molar refractivity (Wildman–Crippen MR) is 78.0 cm³/mol. The molecule has 0 aliphatic rings. The van der Waals surface area contributed by atoms with Crippen LogP contribution < -0.4 is 21.7 Å². The van der Waals surface area contributed by atoms with E-state index >= 15 is 0 Å². The van der Waals surface area contributed by atoms with Gasteiger partial charge in [0.1, 0.15) is 0 Å². The van der Waals surface area contributed by atoms with Crippen molar-refractivity contribution in [3.8, 4) is 5.75 Å². The fraction of sp³-hybridized carbons (Fsp3) is 0.143. The van der Waals surface area contributed by atoms with E-state index in [9.17, 15) is 4.39 Å². The minimum absolute atomic E-state index is 0.175. The molecule has 20 heavy (non-hydrogen) atoms. The van der Waals surface area contributed by atoms with E-state index in [1.54, 1.807) is 30.3 Å². The molecule has 0 saturated heterocycles. The van der Waals surface area contributed by atoms with E-state index in [1.165, 1.54) is 13.2 Å². The lowest BCUT2D eigenvalue weighted by molar-refractivity contribution is 0.385. The van der Waals surface area contributed by atoms with E-state index in [-0.39, 0.29) is 5.75 Å². The summed E-state index contributed by atoms with van der Waals surface area (Å²) in [4.78, 5) is 0. The third kappa shape index (κ3) is 2.85. The molecule has 0 aliphatic heterocycles. The van der Waals surface area contributed by atoms with Crippen LogP contribution in [-0.4, -0.2) is 7.11 Å². The van der Waals surface area contributed by atoms with Crippen molar-refractivity contribution in [1.82, 2.24) is 5.43 Å². The van der Waals surface area contributed by atoms with Gasteiger partial charge in [0.05, 0.1) is 13.2 Å². The second-order valence-electron chi connectivity index (χ2n) is 4.27. The Bertz CT molecular complexity index is 621. The van der Waals surface area contributed by atoms with Crippen LogP contribution in [0.5, 0.6) is 5.75 Å². The van der Waals surface area contributed by atoms with E-state index in [1.807, 2.05) is 0 Å². The van der Waals surface area contributed by atoms with Crippen molar-refractivity contribution >= 4 is 17.3 Å². The Hall–Kier alpha value is -1.82. The number of hydrogen-bond donors (Lipinski definition) is 3. The Balaban J connectivity index is 2.44. The van der Waals surface area contributed by atoms with Crippen LogP contribution in [0.2, 0.25) is 5.02 Å². The summed E-state index contributed by atoms with van der Waals surface area (Å²) in [6, 6.07) is 9.27. The number of nitrogens with two attached hydrogens (primary N) is 2. The minimum Gasteiger partial charge on any atom is -0.494 e. The average molecular weight is 296 g/mol. The first-order chi connectivity index (χ1) is 9.56. The van der Waals surface area contributed by atoms with Crippen LogP contribution in [0.4, 0.5) is 10.1 Å². The number of nitrogens with one attached hydrogen (secondary N) is 1. The number of hydrazine groups is 1. The zero-order valence-electron chi connectivity index (χ0n) is 10.9. The highest BCUT2D eigenvalue weighted by Crippen LogP contribution is 2.30. The Morgan fingerprint density at radius 1 is 1.25 bits per heavy atom. The van der Waals surface area contributed by atoms with Gasteiger partial charge in [0.25, 0.3) is 0 Å². The van der Waals surface area contributed by atoms with Crippen molar-refractivity contribution in [3.05, 3.63) is 58.4 Å². The number of hydrogen-bond acceptors (Lipinski definition) is 4. The smallest absolute Gasteiger partial charge is 0.165 e. The van der Waals surface area contributed by atoms with Gasteiger partial charge in [0.2, 0.25) is 0 Å². The number of benzene rings is 2. The largest absolute Gasteiger partial charge is 0.494 e. The summed E-state index contributed by atoms with van der Waals surface area (Å²) < 4.78 is 18.7. The number of nitrogen functional groups attached to an aromatic ring is 1. The summed E-state index contributed by atoms with van der Waals surface area (Å²) in [6.07, 6.45) is 0. The molecule has 5 N–H and O–H groups in total. The summed E-state index contributed by atoms with van der Waals surface area (Å²) in [6.45, 7) is 0. The van der Waals surface area contributed by atoms with E-state index in [0.717, 1.165) is 5.56 Å². The van der Waals surface area contributed by atoms with Gasteiger partial charge in [-0.1, -0.05) is 23.7 Å². The van der Waals surface area contributed by atoms with E-state index in [0.29, 0.717) is 16.3 Å². The van der Waals surface area contributed by atoms with Crippen LogP contribution in [0.25, 0.3) is 0 Å². The summed E-state index contributed by atoms with van der Waals surface area (Å²) in [5, 5.41) is 0.530. The number of rotatable bonds is 4. The van der Waals surface area contributed by atoms with Crippen LogP contribution in [0.15, 0.2) is 36.4 Å². The Kier molecular flexibility index (Phi) is 4.44. The van der Waals surface area contributed by atoms with Crippen molar-refractivity contribution < 1.29 is 9.13 Å². The third-order valence-corrected chi connectivity index (χ3v) is 3.27. The monoisotopic (exact) mass is 295 g/mol. The maximum atomic E-state index is 13.8. The molecule has 4 nitrogen and oxygen atoms in total. The van der Waals surface area contributed by atoms with E-state index in [4.69, 9.17) is 27.9 Å². The normalized spacial score (nSPS) is 12.2. The zero-order valence-corrected chi connectivity index (χ0v) is 11.6. The lowest BCUT2D eigenvalue weighted by atomic mass is 9.97. The SMILES string of the molecule is COc1ccc(C(NN)c2ccc(Cl)cc2N)cc1F. The standard InChI is InChI=1S/C14H15ClFN3O/c1-20-13-5-2-8(6-11(13)16)14(19-18)10-4-3-9(15)7-12(10)17/h2-7,14,19H,17-18H2,1H3. The molecule has 0 heterocycles. The molecular weight excluding hydrogens is 281 g/mol. The fourth-order valence-electron chi connectivity index (χ4n) is 2.04. The minimum atomic E-state index is -0.460. The highest BCUT2D eigenvalue weighted by molar-refractivity contribution is 6.30. The van der Waals surface area contributed by atoms with Crippen molar-refractivity contribution in [3.63, 3.8) is 0 Å². The second kappa shape index (κ2) is 6.09. The first-order valence-corrected chi connectivity index (χ1v) is 6.29. The van der Waals surface area contributed by atoms with Gasteiger partial charge < -0.3 is 10.5 Å². The molecule has 0 radical (unpaired) electrons. The maximum Gasteiger partial charge on any atom is 0.165 e. The van der Waals surface area contributed by atoms with Crippen molar-refractivity contribution in [2.24, 2.45) is 5.84 Å². The van der Waals surface area contributed by atoms with Gasteiger partial charge in [-0.05, 0) is 35.4 Å². The lowest BCUT2D eigenvalue weighted by Gasteiger charge is -2.19. The van der Waals surface area contributed by atoms with Gasteiger partial charge in [0, 0.05) is 10.7 Å². The number of halogens is 2. The van der Waals surface area contributed by atoms with Gasteiger partial charge in [0.15, 0.2) is 11.6 Å². The molecule has 2 aromatic rings. The summed E-state index contributed by atoms with van der Waals surface area (Å²) in [7, 11) is 1.41. The van der Waals surface area contributed by atoms with Crippen LogP contribution >= 0.6 is 11.6 Å². The first-order valence-electron chi connectivity index (χ1n) is 5.91. The lowest BCUT2D eigenvalue weighted by Crippen LogP contribution is -2.29. The van der Waals surface area contributed by atoms with E-state index in [2.05, 4.69) is 5.43 Å². The molecule has 106 valence electrons. The molecule has 6 heteroatoms. The van der Waals surface area contributed by atoms with Crippen LogP contribution in [-0.2, 0) is 0 Å². The summed E-state index contributed by atoms with van der Waals surface area (Å²) >= 11 is 5.87. The molecule has 0 spiro atoms. The van der Waals surface area contributed by atoms with Crippen LogP contribution in [0.3, 0.4) is 0 Å². The van der Waals surface area contributed by atoms with Crippen LogP contribution in [0, 0.1) is 5.82 Å². The quantitative estimate of drug-likeness (QED) is 0.460. The Morgan fingerprint density at radius 2 is 2.00 bits per heavy atom. The molecule has 0 aromatic heterocycles. The molecule has 0 fully saturated rings. The average Bonchev–Trinajstić information content (AvgIpc) is 2.42. The van der Waals surface area contributed by atoms with Crippen molar-refractivity contribution in [2.75, 3.05) is 12.8 Å². The zero-order chi connectivity index (χ0) is 14.7. The van der Waals surface area contributed by atoms with Gasteiger partial charge in [-0.2, -0.15) is 0 Å². The Labute approximate surface area is 121 Å². The predicted octanol–water partition coefficient (Wildman–Crippen LogP) is 2.62. The summed E-state index contributed by atoms with van der Waals surface area (Å²) in [5.74, 6) is 5.29. The number of anilines is 1. The first kappa shape index (κ1) is 14.6. The molecule has 0 aliphatic carbocycles. The third-order valence-electron chi connectivity index (χ3n) is 3.04. The molecular formula is C14H15ClFN3O. The topological polar surface area (TPSA) is 73.3 Å². The highest BCUT2D eigenvalue weighted by atomic mass is 35.5. The van der Waals surface area contributed by atoms with Crippen LogP contribution in [0.1, 0.15) is 17.2 Å². The molecule has 0 amide bonds. The molecule has 0 bridgehead atoms. The summed E-state index contributed by atoms with van der Waals surface area (Å²) in [5.41, 5.74) is 10.4. The number of methoxy groups -OCH3 is 1. The molecule has 1 atom stereocenters. The van der Waals surface area contributed by atoms with Gasteiger partial charge in [-0.15, -0.1) is 0 Å². The Morgan fingerprint density at radius 3 is 2.55 bits per heavy atom. The number of ether oxygens (including phenoxy) is 1.